The predicted octanol–water partition coefficient (Wildman–Crippen LogP) is 2.14. The van der Waals surface area contributed by atoms with Crippen molar-refractivity contribution in [3.63, 3.8) is 0 Å². The van der Waals surface area contributed by atoms with Gasteiger partial charge in [0, 0.05) is 16.7 Å². The molecule has 0 radical (unpaired) electrons. The molecule has 0 atom stereocenters. The summed E-state index contributed by atoms with van der Waals surface area (Å²) in [5, 5.41) is 15.4. The van der Waals surface area contributed by atoms with Gasteiger partial charge in [0.05, 0.1) is 12.7 Å². The third kappa shape index (κ3) is 2.82. The molecule has 0 fully saturated rings. The number of aromatic nitrogens is 2. The topological polar surface area (TPSA) is 88.2 Å². The summed E-state index contributed by atoms with van der Waals surface area (Å²) in [7, 11) is 0. The van der Waals surface area contributed by atoms with Crippen LogP contribution in [-0.4, -0.2) is 21.2 Å². The number of halogens is 1. The molecule has 0 spiro atoms. The van der Waals surface area contributed by atoms with E-state index in [2.05, 4.69) is 31.4 Å². The zero-order valence-corrected chi connectivity index (χ0v) is 10.1. The fourth-order valence-electron chi connectivity index (χ4n) is 1.25. The number of nitrogens with one attached hydrogen (secondary N) is 1. The smallest absolute Gasteiger partial charge is 0.339 e. The summed E-state index contributed by atoms with van der Waals surface area (Å²) >= 11 is 3.17. The van der Waals surface area contributed by atoms with E-state index in [1.54, 1.807) is 6.07 Å². The van der Waals surface area contributed by atoms with Gasteiger partial charge >= 0.3 is 5.97 Å². The highest BCUT2D eigenvalue weighted by atomic mass is 79.9. The third-order valence-corrected chi connectivity index (χ3v) is 2.44. The highest BCUT2D eigenvalue weighted by Crippen LogP contribution is 2.18. The monoisotopic (exact) mass is 297 g/mol. The average molecular weight is 298 g/mol. The van der Waals surface area contributed by atoms with Gasteiger partial charge in [0.15, 0.2) is 5.76 Å². The van der Waals surface area contributed by atoms with Crippen LogP contribution in [0.3, 0.4) is 0 Å². The molecule has 7 heteroatoms. The molecule has 2 aromatic rings. The summed E-state index contributed by atoms with van der Waals surface area (Å²) in [6.45, 7) is 0.328. The van der Waals surface area contributed by atoms with E-state index in [-0.39, 0.29) is 11.4 Å². The van der Waals surface area contributed by atoms with Crippen LogP contribution in [0.4, 0.5) is 5.82 Å². The second-order valence-electron chi connectivity index (χ2n) is 3.19. The number of anilines is 1. The van der Waals surface area contributed by atoms with Crippen LogP contribution in [-0.2, 0) is 6.54 Å². The summed E-state index contributed by atoms with van der Waals surface area (Å²) in [5.74, 6) is -0.151. The predicted molar refractivity (Wildman–Crippen MR) is 62.7 cm³/mol. The summed E-state index contributed by atoms with van der Waals surface area (Å²) in [6.07, 6.45) is 3.04. The maximum atomic E-state index is 11.0. The molecule has 0 bridgehead atoms. The number of hydrogen-bond acceptors (Lipinski definition) is 5. The Balaban J connectivity index is 2.17. The molecule has 0 saturated heterocycles. The van der Waals surface area contributed by atoms with Gasteiger partial charge in [-0.05, 0) is 22.0 Å². The third-order valence-electron chi connectivity index (χ3n) is 2.01. The minimum Gasteiger partial charge on any atom is -0.478 e. The van der Waals surface area contributed by atoms with Crippen LogP contribution in [0.5, 0.6) is 0 Å². The molecule has 0 unspecified atom stereocenters. The van der Waals surface area contributed by atoms with E-state index in [0.717, 1.165) is 0 Å². The first-order valence-corrected chi connectivity index (χ1v) is 5.48. The Morgan fingerprint density at radius 2 is 2.41 bits per heavy atom. The van der Waals surface area contributed by atoms with Crippen molar-refractivity contribution < 1.29 is 14.4 Å². The molecule has 0 aromatic carbocycles. The Bertz CT molecular complexity index is 528. The Kier molecular flexibility index (Phi) is 3.38. The van der Waals surface area contributed by atoms with E-state index in [0.29, 0.717) is 16.8 Å². The van der Waals surface area contributed by atoms with Gasteiger partial charge in [0.2, 0.25) is 0 Å². The fraction of sp³-hybridized carbons (Fsp3) is 0.100. The maximum Gasteiger partial charge on any atom is 0.339 e. The van der Waals surface area contributed by atoms with Gasteiger partial charge in [0.25, 0.3) is 0 Å². The average Bonchev–Trinajstić information content (AvgIpc) is 2.80. The van der Waals surface area contributed by atoms with E-state index >= 15 is 0 Å². The molecule has 88 valence electrons. The standard InChI is InChI=1S/C10H8BrN3O3/c11-6-3-8(10(15)16)9(12-4-6)13-5-7-1-2-14-17-7/h1-4H,5H2,(H,12,13)(H,15,16). The summed E-state index contributed by atoms with van der Waals surface area (Å²) in [5.41, 5.74) is 0.0962. The van der Waals surface area contributed by atoms with Crippen molar-refractivity contribution in [1.82, 2.24) is 10.1 Å². The lowest BCUT2D eigenvalue weighted by Gasteiger charge is -2.06. The number of carbonyl (C=O) groups is 1. The quantitative estimate of drug-likeness (QED) is 0.899. The Morgan fingerprint density at radius 1 is 1.59 bits per heavy atom. The first-order valence-electron chi connectivity index (χ1n) is 4.69. The molecular weight excluding hydrogens is 290 g/mol. The Hall–Kier alpha value is -1.89. The molecule has 0 amide bonds. The molecule has 6 nitrogen and oxygen atoms in total. The van der Waals surface area contributed by atoms with E-state index in [1.807, 2.05) is 0 Å². The lowest BCUT2D eigenvalue weighted by atomic mass is 10.2. The zero-order chi connectivity index (χ0) is 12.3. The molecule has 2 rings (SSSR count). The lowest BCUT2D eigenvalue weighted by Crippen LogP contribution is -2.08. The van der Waals surface area contributed by atoms with Gasteiger partial charge in [-0.2, -0.15) is 0 Å². The number of carboxylic acids is 1. The van der Waals surface area contributed by atoms with Gasteiger partial charge in [-0.1, -0.05) is 5.16 Å². The number of nitrogens with zero attached hydrogens (tertiary/aromatic N) is 2. The van der Waals surface area contributed by atoms with Crippen LogP contribution in [0, 0.1) is 0 Å². The van der Waals surface area contributed by atoms with Gasteiger partial charge in [-0.15, -0.1) is 0 Å². The van der Waals surface area contributed by atoms with Crippen molar-refractivity contribution in [2.24, 2.45) is 0 Å². The zero-order valence-electron chi connectivity index (χ0n) is 8.55. The van der Waals surface area contributed by atoms with Crippen molar-refractivity contribution in [1.29, 1.82) is 0 Å². The first-order chi connectivity index (χ1) is 8.16. The van der Waals surface area contributed by atoms with Gasteiger partial charge in [-0.25, -0.2) is 9.78 Å². The van der Waals surface area contributed by atoms with Crippen molar-refractivity contribution in [2.75, 3.05) is 5.32 Å². The number of pyridine rings is 1. The molecule has 0 aliphatic heterocycles. The van der Waals surface area contributed by atoms with E-state index in [9.17, 15) is 4.79 Å². The molecule has 2 aromatic heterocycles. The Morgan fingerprint density at radius 3 is 3.06 bits per heavy atom. The van der Waals surface area contributed by atoms with E-state index in [4.69, 9.17) is 9.63 Å². The van der Waals surface area contributed by atoms with E-state index in [1.165, 1.54) is 18.5 Å². The number of carboxylic acid groups (broad SMARTS) is 1. The van der Waals surface area contributed by atoms with Gasteiger partial charge < -0.3 is 14.9 Å². The van der Waals surface area contributed by atoms with Crippen LogP contribution in [0.15, 0.2) is 33.5 Å². The van der Waals surface area contributed by atoms with Crippen LogP contribution < -0.4 is 5.32 Å². The molecule has 2 N–H and O–H groups in total. The second kappa shape index (κ2) is 4.96. The molecule has 17 heavy (non-hydrogen) atoms. The molecule has 0 aliphatic rings. The van der Waals surface area contributed by atoms with Crippen molar-refractivity contribution >= 4 is 27.7 Å². The molecular formula is C10H8BrN3O3. The largest absolute Gasteiger partial charge is 0.478 e. The van der Waals surface area contributed by atoms with Crippen molar-refractivity contribution in [3.05, 3.63) is 40.3 Å². The minimum absolute atomic E-state index is 0.0962. The Labute approximate surface area is 105 Å². The van der Waals surface area contributed by atoms with Crippen LogP contribution >= 0.6 is 15.9 Å². The van der Waals surface area contributed by atoms with Crippen LogP contribution in [0.25, 0.3) is 0 Å². The summed E-state index contributed by atoms with van der Waals surface area (Å²) in [6, 6.07) is 3.17. The lowest BCUT2D eigenvalue weighted by molar-refractivity contribution is 0.0697. The first kappa shape index (κ1) is 11.6. The van der Waals surface area contributed by atoms with Crippen molar-refractivity contribution in [3.8, 4) is 0 Å². The van der Waals surface area contributed by atoms with Crippen LogP contribution in [0.1, 0.15) is 16.1 Å². The number of hydrogen-bond donors (Lipinski definition) is 2. The van der Waals surface area contributed by atoms with Crippen molar-refractivity contribution in [2.45, 2.75) is 6.54 Å². The molecule has 2 heterocycles. The normalized spacial score (nSPS) is 10.2. The second-order valence-corrected chi connectivity index (χ2v) is 4.10. The maximum absolute atomic E-state index is 11.0. The van der Waals surface area contributed by atoms with E-state index < -0.39 is 5.97 Å². The highest BCUT2D eigenvalue weighted by Gasteiger charge is 2.12. The molecule has 0 saturated carbocycles. The van der Waals surface area contributed by atoms with Crippen LogP contribution in [0.2, 0.25) is 0 Å². The van der Waals surface area contributed by atoms with Gasteiger partial charge in [0.1, 0.15) is 11.4 Å². The summed E-state index contributed by atoms with van der Waals surface area (Å²) < 4.78 is 5.49. The SMILES string of the molecule is O=C(O)c1cc(Br)cnc1NCc1ccno1. The molecule has 0 aliphatic carbocycles. The number of aromatic carboxylic acids is 1. The van der Waals surface area contributed by atoms with Gasteiger partial charge in [-0.3, -0.25) is 0 Å². The fourth-order valence-corrected chi connectivity index (χ4v) is 1.58. The summed E-state index contributed by atoms with van der Waals surface area (Å²) in [4.78, 5) is 15.0. The number of rotatable bonds is 4. The minimum atomic E-state index is -1.04. The highest BCUT2D eigenvalue weighted by molar-refractivity contribution is 9.10.